The molecular weight excluding hydrogens is 424 g/mol. The molecule has 1 N–H and O–H groups in total. The number of nitrogens with zero attached hydrogens (tertiary/aromatic N) is 1. The van der Waals surface area contributed by atoms with Crippen LogP contribution in [-0.4, -0.2) is 40.6 Å². The molecule has 0 unspecified atom stereocenters. The fraction of sp³-hybridized carbons (Fsp3) is 0.364. The molecule has 0 aliphatic rings. The highest BCUT2D eigenvalue weighted by atomic mass is 35.5. The Kier molecular flexibility index (Phi) is 8.38. The number of nitrogens with one attached hydrogen (secondary N) is 1. The number of esters is 1. The van der Waals surface area contributed by atoms with Crippen molar-refractivity contribution >= 4 is 29.4 Å². The van der Waals surface area contributed by atoms with Gasteiger partial charge in [0.15, 0.2) is 0 Å². The highest BCUT2D eigenvalue weighted by Gasteiger charge is 2.29. The first-order valence-electron chi connectivity index (χ1n) is 9.64. The predicted molar refractivity (Wildman–Crippen MR) is 116 cm³/mol. The molecule has 0 spiro atoms. The van der Waals surface area contributed by atoms with Crippen LogP contribution in [0.1, 0.15) is 36.7 Å². The minimum Gasteiger partial charge on any atom is -0.455 e. The minimum absolute atomic E-state index is 0.0774. The zero-order chi connectivity index (χ0) is 23.0. The number of carbonyl (C=O) groups is 2. The van der Waals surface area contributed by atoms with E-state index in [1.807, 2.05) is 30.3 Å². The fourth-order valence-corrected chi connectivity index (χ4v) is 3.03. The Labute approximate surface area is 185 Å². The number of alkyl halides is 1. The lowest BCUT2D eigenvalue weighted by Crippen LogP contribution is -2.49. The molecule has 0 aromatic heterocycles. The van der Waals surface area contributed by atoms with Gasteiger partial charge in [0, 0.05) is 12.1 Å². The van der Waals surface area contributed by atoms with Gasteiger partial charge in [-0.15, -0.1) is 11.6 Å². The molecule has 0 saturated heterocycles. The van der Waals surface area contributed by atoms with Crippen molar-refractivity contribution in [2.24, 2.45) is 0 Å². The van der Waals surface area contributed by atoms with Gasteiger partial charge in [0.25, 0.3) is 5.69 Å². The summed E-state index contributed by atoms with van der Waals surface area (Å²) in [6, 6.07) is 13.7. The summed E-state index contributed by atoms with van der Waals surface area (Å²) in [4.78, 5) is 35.2. The van der Waals surface area contributed by atoms with Gasteiger partial charge in [-0.05, 0) is 44.9 Å². The SMILES string of the molecule is CC(C)(C)OC(=O)N[C@@H](Cc1ccccc1)[C@H](CCl)OC(=O)c1ccc([N+](=O)[O-])cc1. The number of hydrogen-bond acceptors (Lipinski definition) is 6. The Balaban J connectivity index is 2.18. The van der Waals surface area contributed by atoms with Crippen LogP contribution in [0.4, 0.5) is 10.5 Å². The largest absolute Gasteiger partial charge is 0.455 e. The smallest absolute Gasteiger partial charge is 0.408 e. The monoisotopic (exact) mass is 448 g/mol. The van der Waals surface area contributed by atoms with Crippen LogP contribution in [0.5, 0.6) is 0 Å². The Morgan fingerprint density at radius 2 is 1.71 bits per heavy atom. The Morgan fingerprint density at radius 1 is 1.10 bits per heavy atom. The minimum atomic E-state index is -0.864. The first-order valence-corrected chi connectivity index (χ1v) is 10.2. The molecule has 0 fully saturated rings. The van der Waals surface area contributed by atoms with E-state index in [9.17, 15) is 19.7 Å². The summed E-state index contributed by atoms with van der Waals surface area (Å²) in [5.41, 5.74) is 0.202. The topological polar surface area (TPSA) is 108 Å². The van der Waals surface area contributed by atoms with Crippen molar-refractivity contribution in [2.45, 2.75) is 44.9 Å². The molecule has 0 heterocycles. The van der Waals surface area contributed by atoms with Crippen LogP contribution < -0.4 is 5.32 Å². The quantitative estimate of drug-likeness (QED) is 0.276. The molecule has 2 aromatic rings. The molecular formula is C22H25ClN2O6. The summed E-state index contributed by atoms with van der Waals surface area (Å²) in [5, 5.41) is 13.5. The number of non-ortho nitro benzene ring substituents is 1. The lowest BCUT2D eigenvalue weighted by molar-refractivity contribution is -0.384. The fourth-order valence-electron chi connectivity index (χ4n) is 2.75. The number of alkyl carbamates (subject to hydrolysis) is 1. The third-order valence-corrected chi connectivity index (χ3v) is 4.48. The van der Waals surface area contributed by atoms with E-state index in [4.69, 9.17) is 21.1 Å². The number of ether oxygens (including phenoxy) is 2. The first-order chi connectivity index (χ1) is 14.6. The van der Waals surface area contributed by atoms with Crippen molar-refractivity contribution in [3.63, 3.8) is 0 Å². The lowest BCUT2D eigenvalue weighted by Gasteiger charge is -2.28. The molecule has 1 amide bonds. The highest BCUT2D eigenvalue weighted by molar-refractivity contribution is 6.18. The number of halogens is 1. The standard InChI is InChI=1S/C22H25ClN2O6/c1-22(2,3)31-21(27)24-18(13-15-7-5-4-6-8-15)19(14-23)30-20(26)16-9-11-17(12-10-16)25(28)29/h4-12,18-19H,13-14H2,1-3H3,(H,24,27)/t18-,19-/m0/s1. The van der Waals surface area contributed by atoms with Gasteiger partial charge in [-0.2, -0.15) is 0 Å². The number of nitro groups is 1. The van der Waals surface area contributed by atoms with Crippen LogP contribution in [0.2, 0.25) is 0 Å². The van der Waals surface area contributed by atoms with Gasteiger partial charge >= 0.3 is 12.1 Å². The second kappa shape index (κ2) is 10.8. The first kappa shape index (κ1) is 24.1. The van der Waals surface area contributed by atoms with Crippen molar-refractivity contribution in [3.8, 4) is 0 Å². The van der Waals surface area contributed by atoms with E-state index in [-0.39, 0.29) is 17.1 Å². The van der Waals surface area contributed by atoms with Crippen LogP contribution >= 0.6 is 11.6 Å². The van der Waals surface area contributed by atoms with Gasteiger partial charge in [0.2, 0.25) is 0 Å². The van der Waals surface area contributed by atoms with Gasteiger partial charge in [-0.1, -0.05) is 30.3 Å². The number of nitro benzene ring substituents is 1. The number of hydrogen-bond donors (Lipinski definition) is 1. The molecule has 31 heavy (non-hydrogen) atoms. The molecule has 2 rings (SSSR count). The van der Waals surface area contributed by atoms with Crippen molar-refractivity contribution in [3.05, 3.63) is 75.8 Å². The van der Waals surface area contributed by atoms with Gasteiger partial charge in [0.1, 0.15) is 11.7 Å². The summed E-state index contributed by atoms with van der Waals surface area (Å²) in [5.74, 6) is -0.781. The van der Waals surface area contributed by atoms with Crippen LogP contribution in [0.3, 0.4) is 0 Å². The average molecular weight is 449 g/mol. The lowest BCUT2D eigenvalue weighted by atomic mass is 10.0. The van der Waals surface area contributed by atoms with Crippen molar-refractivity contribution in [1.82, 2.24) is 5.32 Å². The van der Waals surface area contributed by atoms with E-state index in [1.165, 1.54) is 24.3 Å². The molecule has 0 saturated carbocycles. The summed E-state index contributed by atoms with van der Waals surface area (Å²) >= 11 is 6.08. The maximum absolute atomic E-state index is 12.6. The third kappa shape index (κ3) is 7.90. The molecule has 0 aliphatic carbocycles. The van der Waals surface area contributed by atoms with Crippen LogP contribution in [0.15, 0.2) is 54.6 Å². The molecule has 166 valence electrons. The molecule has 9 heteroatoms. The van der Waals surface area contributed by atoms with Crippen LogP contribution in [-0.2, 0) is 15.9 Å². The summed E-state index contributed by atoms with van der Waals surface area (Å²) in [6.45, 7) is 5.23. The van der Waals surface area contributed by atoms with E-state index in [1.54, 1.807) is 20.8 Å². The zero-order valence-electron chi connectivity index (χ0n) is 17.5. The molecule has 2 aromatic carbocycles. The van der Waals surface area contributed by atoms with E-state index >= 15 is 0 Å². The predicted octanol–water partition coefficient (Wildman–Crippen LogP) is 4.50. The number of amides is 1. The van der Waals surface area contributed by atoms with Gasteiger partial charge < -0.3 is 14.8 Å². The normalized spacial score (nSPS) is 13.0. The highest BCUT2D eigenvalue weighted by Crippen LogP contribution is 2.17. The summed E-state index contributed by atoms with van der Waals surface area (Å²) in [7, 11) is 0. The Hall–Kier alpha value is -3.13. The molecule has 2 atom stereocenters. The van der Waals surface area contributed by atoms with Gasteiger partial charge in [0.05, 0.1) is 22.4 Å². The molecule has 0 aliphatic heterocycles. The molecule has 8 nitrogen and oxygen atoms in total. The Morgan fingerprint density at radius 3 is 2.23 bits per heavy atom. The van der Waals surface area contributed by atoms with E-state index < -0.39 is 34.7 Å². The third-order valence-electron chi connectivity index (χ3n) is 4.17. The zero-order valence-corrected chi connectivity index (χ0v) is 18.3. The van der Waals surface area contributed by atoms with Crippen molar-refractivity contribution < 1.29 is 24.0 Å². The van der Waals surface area contributed by atoms with Gasteiger partial charge in [-0.25, -0.2) is 9.59 Å². The maximum Gasteiger partial charge on any atom is 0.408 e. The summed E-state index contributed by atoms with van der Waals surface area (Å²) in [6.07, 6.45) is -1.17. The second-order valence-corrected chi connectivity index (χ2v) is 8.15. The van der Waals surface area contributed by atoms with E-state index in [0.29, 0.717) is 6.42 Å². The Bertz CT molecular complexity index is 896. The molecule has 0 radical (unpaired) electrons. The number of carbonyl (C=O) groups excluding carboxylic acids is 2. The van der Waals surface area contributed by atoms with E-state index in [0.717, 1.165) is 5.56 Å². The van der Waals surface area contributed by atoms with Crippen molar-refractivity contribution in [2.75, 3.05) is 5.88 Å². The summed E-state index contributed by atoms with van der Waals surface area (Å²) < 4.78 is 10.9. The van der Waals surface area contributed by atoms with Crippen LogP contribution in [0, 0.1) is 10.1 Å². The average Bonchev–Trinajstić information content (AvgIpc) is 2.70. The van der Waals surface area contributed by atoms with E-state index in [2.05, 4.69) is 5.32 Å². The second-order valence-electron chi connectivity index (χ2n) is 7.84. The van der Waals surface area contributed by atoms with Crippen LogP contribution in [0.25, 0.3) is 0 Å². The molecule has 0 bridgehead atoms. The van der Waals surface area contributed by atoms with Gasteiger partial charge in [-0.3, -0.25) is 10.1 Å². The number of benzene rings is 2. The maximum atomic E-state index is 12.6. The van der Waals surface area contributed by atoms with Crippen molar-refractivity contribution in [1.29, 1.82) is 0 Å². The number of rotatable bonds is 8.